The van der Waals surface area contributed by atoms with Crippen LogP contribution in [0.2, 0.25) is 0 Å². The van der Waals surface area contributed by atoms with Gasteiger partial charge >= 0.3 is 58.2 Å². The fourth-order valence-corrected chi connectivity index (χ4v) is 8.10. The molecule has 0 aromatic heterocycles. The molecule has 7 rings (SSSR count). The summed E-state index contributed by atoms with van der Waals surface area (Å²) in [5.74, 6) is 2.96. The molecule has 0 fully saturated rings. The number of rotatable bonds is 14. The molecule has 0 N–H and O–H groups in total. The van der Waals surface area contributed by atoms with Crippen molar-refractivity contribution in [1.29, 1.82) is 0 Å². The fraction of sp³-hybridized carbons (Fsp3) is 0.182. The first-order valence-electron chi connectivity index (χ1n) is 17.9. The normalized spacial score (nSPS) is 12.4. The Labute approximate surface area is 387 Å². The molecular formula is C44H42N3O7RbS2. The third kappa shape index (κ3) is 9.49. The van der Waals surface area contributed by atoms with E-state index >= 15 is 0 Å². The van der Waals surface area contributed by atoms with Crippen LogP contribution in [-0.4, -0.2) is 53.2 Å². The number of fused-ring (bicyclic) bond motifs is 2. The van der Waals surface area contributed by atoms with Crippen LogP contribution in [0.5, 0.6) is 23.0 Å². The predicted octanol–water partition coefficient (Wildman–Crippen LogP) is 7.59. The Morgan fingerprint density at radius 1 is 0.544 bits per heavy atom. The average molecular weight is 874 g/mol. The molecule has 1 heterocycles. The molecule has 0 radical (unpaired) electrons. The summed E-state index contributed by atoms with van der Waals surface area (Å²) in [5, 5.41) is -1.08. The van der Waals surface area contributed by atoms with Gasteiger partial charge in [-0.3, -0.25) is 0 Å². The van der Waals surface area contributed by atoms with Crippen molar-refractivity contribution in [2.24, 2.45) is 0 Å². The van der Waals surface area contributed by atoms with E-state index < -0.39 is 15.4 Å². The predicted molar refractivity (Wildman–Crippen MR) is 223 cm³/mol. The van der Waals surface area contributed by atoms with Crippen LogP contribution in [0, 0.1) is 0 Å². The molecule has 1 aliphatic rings. The van der Waals surface area contributed by atoms with Gasteiger partial charge in [0.1, 0.15) is 23.0 Å². The van der Waals surface area contributed by atoms with E-state index in [0.717, 1.165) is 78.3 Å². The van der Waals surface area contributed by atoms with Crippen molar-refractivity contribution >= 4 is 67.4 Å². The average Bonchev–Trinajstić information content (AvgIpc) is 3.23. The Morgan fingerprint density at radius 2 is 0.842 bits per heavy atom. The number of anilines is 8. The van der Waals surface area contributed by atoms with Gasteiger partial charge in [-0.05, 0) is 147 Å². The third-order valence-corrected chi connectivity index (χ3v) is 12.1. The van der Waals surface area contributed by atoms with E-state index in [2.05, 4.69) is 51.1 Å². The molecule has 57 heavy (non-hydrogen) atoms. The largest absolute Gasteiger partial charge is 1.00 e. The van der Waals surface area contributed by atoms with E-state index in [1.807, 2.05) is 97.1 Å². The summed E-state index contributed by atoms with van der Waals surface area (Å²) >= 11 is 1.65. The topological polar surface area (TPSA) is 104 Å². The second-order valence-corrected chi connectivity index (χ2v) is 16.0. The maximum Gasteiger partial charge on any atom is 1.00 e. The Hall–Kier alpha value is -4.01. The van der Waals surface area contributed by atoms with Gasteiger partial charge in [0.05, 0.1) is 49.9 Å². The summed E-state index contributed by atoms with van der Waals surface area (Å²) in [6.45, 7) is 1.76. The van der Waals surface area contributed by atoms with Gasteiger partial charge in [0.2, 0.25) is 0 Å². The summed E-state index contributed by atoms with van der Waals surface area (Å²) in [7, 11) is 2.05. The number of benzene rings is 6. The molecule has 1 unspecified atom stereocenters. The zero-order chi connectivity index (χ0) is 39.4. The van der Waals surface area contributed by atoms with Gasteiger partial charge in [-0.1, -0.05) is 11.8 Å². The molecule has 6 aromatic carbocycles. The zero-order valence-electron chi connectivity index (χ0n) is 32.7. The van der Waals surface area contributed by atoms with Gasteiger partial charge in [-0.25, -0.2) is 8.42 Å². The monoisotopic (exact) mass is 873 g/mol. The van der Waals surface area contributed by atoms with Gasteiger partial charge in [-0.2, -0.15) is 0 Å². The minimum Gasteiger partial charge on any atom is -0.748 e. The molecule has 0 spiro atoms. The molecule has 1 aliphatic heterocycles. The maximum atomic E-state index is 12.2. The van der Waals surface area contributed by atoms with E-state index in [0.29, 0.717) is 0 Å². The molecule has 0 saturated heterocycles. The zero-order valence-corrected chi connectivity index (χ0v) is 39.3. The summed E-state index contributed by atoms with van der Waals surface area (Å²) in [4.78, 5) is 8.43. The van der Waals surface area contributed by atoms with Gasteiger partial charge < -0.3 is 38.2 Å². The van der Waals surface area contributed by atoms with Crippen LogP contribution in [0.3, 0.4) is 0 Å². The van der Waals surface area contributed by atoms with Gasteiger partial charge in [0.15, 0.2) is 0 Å². The summed E-state index contributed by atoms with van der Waals surface area (Å²) < 4.78 is 58.3. The van der Waals surface area contributed by atoms with E-state index in [1.165, 1.54) is 6.92 Å². The van der Waals surface area contributed by atoms with Crippen LogP contribution in [0.15, 0.2) is 143 Å². The molecule has 0 amide bonds. The molecule has 1 atom stereocenters. The number of hydrogen-bond acceptors (Lipinski definition) is 11. The van der Waals surface area contributed by atoms with E-state index in [9.17, 15) is 13.0 Å². The second-order valence-electron chi connectivity index (χ2n) is 13.1. The quantitative estimate of drug-likeness (QED) is 0.101. The third-order valence-electron chi connectivity index (χ3n) is 9.78. The number of hydrogen-bond donors (Lipinski definition) is 0. The van der Waals surface area contributed by atoms with Gasteiger partial charge in [0, 0.05) is 55.7 Å². The summed E-state index contributed by atoms with van der Waals surface area (Å²) in [6, 6.07) is 44.0. The van der Waals surface area contributed by atoms with E-state index in [1.54, 1.807) is 40.2 Å². The Balaban J connectivity index is 0.00000549. The first-order valence-corrected chi connectivity index (χ1v) is 20.2. The fourth-order valence-electron chi connectivity index (χ4n) is 6.65. The van der Waals surface area contributed by atoms with E-state index in [-0.39, 0.29) is 71.2 Å². The van der Waals surface area contributed by atoms with Crippen molar-refractivity contribution in [3.8, 4) is 23.0 Å². The van der Waals surface area contributed by atoms with Crippen LogP contribution in [0.1, 0.15) is 13.3 Å². The molecule has 0 aliphatic carbocycles. The molecule has 0 saturated carbocycles. The van der Waals surface area contributed by atoms with Crippen LogP contribution >= 0.6 is 11.8 Å². The number of methoxy groups -OCH3 is 4. The standard InChI is InChI=1S/C44H43N3O7S2.Rb/c1-30(56(48,49)50)26-27-45-41-28-35(46(31-6-16-37(51-2)17-7-31)32-8-18-38(52-3)19-9-32)14-24-43(41)55-44-25-15-36(29-42(44)45)47(33-10-20-39(53-4)21-11-33)34-12-22-40(54-5)23-13-34;/h6-25,28-30H,26-27H2,1-5H3,(H,48,49,50);/q;+1/p-1. The van der Waals surface area contributed by atoms with Crippen LogP contribution in [-0.2, 0) is 10.1 Å². The van der Waals surface area contributed by atoms with Crippen molar-refractivity contribution in [1.82, 2.24) is 0 Å². The molecule has 288 valence electrons. The molecule has 10 nitrogen and oxygen atoms in total. The molecule has 6 aromatic rings. The molecular weight excluding hydrogens is 832 g/mol. The van der Waals surface area contributed by atoms with Crippen LogP contribution in [0.25, 0.3) is 0 Å². The van der Waals surface area contributed by atoms with Gasteiger partial charge in [-0.15, -0.1) is 0 Å². The number of nitrogens with zero attached hydrogens (tertiary/aromatic N) is 3. The summed E-state index contributed by atoms with van der Waals surface area (Å²) in [5.41, 5.74) is 7.19. The van der Waals surface area contributed by atoms with Gasteiger partial charge in [0.25, 0.3) is 0 Å². The molecule has 13 heteroatoms. The minimum absolute atomic E-state index is 0. The molecule has 0 bridgehead atoms. The first-order chi connectivity index (χ1) is 27.1. The van der Waals surface area contributed by atoms with Crippen molar-refractivity contribution in [3.05, 3.63) is 133 Å². The summed E-state index contributed by atoms with van der Waals surface area (Å²) in [6.07, 6.45) is 0.130. The van der Waals surface area contributed by atoms with Crippen molar-refractivity contribution < 1.29 is 90.1 Å². The van der Waals surface area contributed by atoms with Crippen molar-refractivity contribution in [3.63, 3.8) is 0 Å². The second kappa shape index (κ2) is 18.7. The minimum atomic E-state index is -4.51. The first kappa shape index (κ1) is 42.6. The van der Waals surface area contributed by atoms with Crippen LogP contribution < -0.4 is 91.8 Å². The Bertz CT molecular complexity index is 2160. The smallest absolute Gasteiger partial charge is 0.748 e. The Kier molecular flexibility index (Phi) is 14.0. The Morgan fingerprint density at radius 3 is 1.12 bits per heavy atom. The number of ether oxygens (including phenoxy) is 4. The maximum absolute atomic E-state index is 12.2. The van der Waals surface area contributed by atoms with Crippen molar-refractivity contribution in [2.45, 2.75) is 28.4 Å². The van der Waals surface area contributed by atoms with E-state index in [4.69, 9.17) is 18.9 Å². The van der Waals surface area contributed by atoms with Crippen LogP contribution in [0.4, 0.5) is 45.5 Å². The SMILES string of the molecule is COc1ccc(N(c2ccc(OC)cc2)c2ccc3c(c2)N(CCC(C)S(=O)(=O)[O-])c2cc(N(c4ccc(OC)cc4)c4ccc(OC)cc4)ccc2S3)cc1.[Rb+]. The van der Waals surface area contributed by atoms with Crippen molar-refractivity contribution in [2.75, 3.05) is 49.7 Å².